The lowest BCUT2D eigenvalue weighted by molar-refractivity contribution is 0.0976. The number of carbonyl (C=O) groups is 1. The number of carbonyl (C=O) groups excluding carboxylic acids is 1. The van der Waals surface area contributed by atoms with E-state index in [4.69, 9.17) is 14.2 Å². The van der Waals surface area contributed by atoms with Gasteiger partial charge in [0.15, 0.2) is 11.5 Å². The van der Waals surface area contributed by atoms with Crippen LogP contribution >= 0.6 is 15.9 Å². The monoisotopic (exact) mass is 498 g/mol. The molecule has 0 saturated carbocycles. The first-order valence-electron chi connectivity index (χ1n) is 9.61. The predicted molar refractivity (Wildman–Crippen MR) is 127 cm³/mol. The first kappa shape index (κ1) is 23.1. The number of hydrogen-bond donors (Lipinski definition) is 2. The van der Waals surface area contributed by atoms with Crippen molar-refractivity contribution in [2.75, 3.05) is 26.6 Å². The van der Waals surface area contributed by atoms with Crippen LogP contribution in [-0.2, 0) is 6.54 Å². The third-order valence-corrected chi connectivity index (χ3v) is 4.94. The first-order valence-corrected chi connectivity index (χ1v) is 10.4. The number of aliphatic imine (C=N–C) groups is 1. The van der Waals surface area contributed by atoms with E-state index < -0.39 is 0 Å². The fraction of sp³-hybridized carbons (Fsp3) is 0.174. The van der Waals surface area contributed by atoms with Gasteiger partial charge in [-0.15, -0.1) is 0 Å². The van der Waals surface area contributed by atoms with Crippen molar-refractivity contribution in [1.82, 2.24) is 10.3 Å². The first-order chi connectivity index (χ1) is 15.5. The van der Waals surface area contributed by atoms with Crippen LogP contribution in [0.3, 0.4) is 0 Å². The highest BCUT2D eigenvalue weighted by molar-refractivity contribution is 9.10. The Balaban J connectivity index is 1.87. The molecule has 1 aromatic heterocycles. The number of anilines is 1. The number of nitrogens with zero attached hydrogens (tertiary/aromatic N) is 2. The summed E-state index contributed by atoms with van der Waals surface area (Å²) in [6, 6.07) is 14.4. The molecule has 2 N–H and O–H groups in total. The Hall–Kier alpha value is -3.59. The second-order valence-electron chi connectivity index (χ2n) is 6.53. The van der Waals surface area contributed by atoms with Crippen LogP contribution in [-0.4, -0.2) is 38.2 Å². The number of pyridine rings is 1. The van der Waals surface area contributed by atoms with E-state index in [1.165, 1.54) is 21.3 Å². The van der Waals surface area contributed by atoms with Gasteiger partial charge in [-0.05, 0) is 48.0 Å². The molecular formula is C23H23BrN4O4. The maximum Gasteiger partial charge on any atom is 0.258 e. The largest absolute Gasteiger partial charge is 0.493 e. The van der Waals surface area contributed by atoms with Crippen LogP contribution in [0.15, 0.2) is 70.4 Å². The molecule has 166 valence electrons. The summed E-state index contributed by atoms with van der Waals surface area (Å²) in [4.78, 5) is 21.7. The van der Waals surface area contributed by atoms with Crippen molar-refractivity contribution in [3.05, 3.63) is 76.5 Å². The van der Waals surface area contributed by atoms with Crippen LogP contribution in [0.1, 0.15) is 15.9 Å². The molecule has 0 aliphatic heterocycles. The zero-order valence-corrected chi connectivity index (χ0v) is 19.5. The predicted octanol–water partition coefficient (Wildman–Crippen LogP) is 4.27. The summed E-state index contributed by atoms with van der Waals surface area (Å²) in [6.07, 6.45) is 3.42. The van der Waals surface area contributed by atoms with Crippen molar-refractivity contribution >= 4 is 33.5 Å². The van der Waals surface area contributed by atoms with Gasteiger partial charge in [0.2, 0.25) is 11.7 Å². The standard InChI is InChI=1S/C23H23BrN4O4/c1-30-19-11-16(12-20(31-2)21(19)32-3)22(29)28-23(26-14-15-5-4-10-25-13-15)27-18-8-6-17(24)7-9-18/h4-13H,14H2,1-3H3,(H2,26,27,28,29). The summed E-state index contributed by atoms with van der Waals surface area (Å²) in [5.41, 5.74) is 2.00. The van der Waals surface area contributed by atoms with E-state index in [2.05, 4.69) is 36.5 Å². The molecule has 2 aromatic carbocycles. The molecule has 1 amide bonds. The Morgan fingerprint density at radius 1 is 1.03 bits per heavy atom. The van der Waals surface area contributed by atoms with E-state index >= 15 is 0 Å². The Bertz CT molecular complexity index is 1060. The van der Waals surface area contributed by atoms with Gasteiger partial charge in [0.05, 0.1) is 27.9 Å². The molecule has 8 nitrogen and oxygen atoms in total. The van der Waals surface area contributed by atoms with Gasteiger partial charge in [0.25, 0.3) is 5.91 Å². The highest BCUT2D eigenvalue weighted by Gasteiger charge is 2.18. The van der Waals surface area contributed by atoms with E-state index in [-0.39, 0.29) is 11.9 Å². The molecule has 0 aliphatic carbocycles. The molecule has 0 spiro atoms. The maximum absolute atomic E-state index is 13.0. The molecule has 9 heteroatoms. The third kappa shape index (κ3) is 5.98. The minimum Gasteiger partial charge on any atom is -0.493 e. The lowest BCUT2D eigenvalue weighted by Crippen LogP contribution is -2.36. The van der Waals surface area contributed by atoms with E-state index in [1.54, 1.807) is 24.5 Å². The minimum atomic E-state index is -0.390. The Kier molecular flexibility index (Phi) is 8.04. The van der Waals surface area contributed by atoms with Crippen LogP contribution in [0.2, 0.25) is 0 Å². The molecule has 0 fully saturated rings. The number of nitrogens with one attached hydrogen (secondary N) is 2. The lowest BCUT2D eigenvalue weighted by atomic mass is 10.1. The van der Waals surface area contributed by atoms with Crippen LogP contribution in [0.4, 0.5) is 5.69 Å². The summed E-state index contributed by atoms with van der Waals surface area (Å²) in [6.45, 7) is 0.336. The molecule has 0 radical (unpaired) electrons. The number of ether oxygens (including phenoxy) is 3. The third-order valence-electron chi connectivity index (χ3n) is 4.41. The number of hydrogen-bond acceptors (Lipinski definition) is 6. The summed E-state index contributed by atoms with van der Waals surface area (Å²) < 4.78 is 17.0. The average Bonchev–Trinajstić information content (AvgIpc) is 2.83. The van der Waals surface area contributed by atoms with Gasteiger partial charge in [-0.1, -0.05) is 22.0 Å². The topological polar surface area (TPSA) is 94.1 Å². The van der Waals surface area contributed by atoms with E-state index in [0.717, 1.165) is 15.7 Å². The Labute approximate surface area is 194 Å². The smallest absolute Gasteiger partial charge is 0.258 e. The van der Waals surface area contributed by atoms with Gasteiger partial charge < -0.3 is 19.5 Å². The minimum absolute atomic E-state index is 0.287. The molecule has 0 bridgehead atoms. The molecule has 3 rings (SSSR count). The van der Waals surface area contributed by atoms with Gasteiger partial charge in [0.1, 0.15) is 0 Å². The van der Waals surface area contributed by atoms with Gasteiger partial charge in [-0.25, -0.2) is 4.99 Å². The molecule has 1 heterocycles. The molecule has 32 heavy (non-hydrogen) atoms. The number of benzene rings is 2. The van der Waals surface area contributed by atoms with Crippen molar-refractivity contribution in [3.63, 3.8) is 0 Å². The Morgan fingerprint density at radius 3 is 2.28 bits per heavy atom. The second-order valence-corrected chi connectivity index (χ2v) is 7.44. The molecule has 0 atom stereocenters. The zero-order valence-electron chi connectivity index (χ0n) is 17.9. The Morgan fingerprint density at radius 2 is 1.72 bits per heavy atom. The molecule has 0 saturated heterocycles. The summed E-state index contributed by atoms with van der Waals surface area (Å²) in [7, 11) is 4.50. The second kappa shape index (κ2) is 11.1. The highest BCUT2D eigenvalue weighted by Crippen LogP contribution is 2.38. The normalized spacial score (nSPS) is 10.9. The number of halogens is 1. The molecule has 0 aliphatic rings. The van der Waals surface area contributed by atoms with Gasteiger partial charge in [-0.3, -0.25) is 15.1 Å². The number of rotatable bonds is 7. The van der Waals surface area contributed by atoms with Crippen molar-refractivity contribution in [2.24, 2.45) is 4.99 Å². The fourth-order valence-corrected chi connectivity index (χ4v) is 3.10. The average molecular weight is 499 g/mol. The number of methoxy groups -OCH3 is 3. The van der Waals surface area contributed by atoms with Crippen molar-refractivity contribution in [2.45, 2.75) is 6.54 Å². The summed E-state index contributed by atoms with van der Waals surface area (Å²) in [5, 5.41) is 5.97. The highest BCUT2D eigenvalue weighted by atomic mass is 79.9. The van der Waals surface area contributed by atoms with E-state index in [9.17, 15) is 4.79 Å². The van der Waals surface area contributed by atoms with Crippen LogP contribution in [0.25, 0.3) is 0 Å². The number of amides is 1. The number of aromatic nitrogens is 1. The van der Waals surface area contributed by atoms with Gasteiger partial charge in [-0.2, -0.15) is 0 Å². The van der Waals surface area contributed by atoms with Crippen molar-refractivity contribution < 1.29 is 19.0 Å². The van der Waals surface area contributed by atoms with Crippen LogP contribution in [0, 0.1) is 0 Å². The zero-order chi connectivity index (χ0) is 22.9. The van der Waals surface area contributed by atoms with E-state index in [1.807, 2.05) is 36.4 Å². The number of guanidine groups is 1. The van der Waals surface area contributed by atoms with Gasteiger partial charge >= 0.3 is 0 Å². The maximum atomic E-state index is 13.0. The van der Waals surface area contributed by atoms with Crippen LogP contribution in [0.5, 0.6) is 17.2 Å². The molecular weight excluding hydrogens is 476 g/mol. The lowest BCUT2D eigenvalue weighted by Gasteiger charge is -2.15. The van der Waals surface area contributed by atoms with Crippen molar-refractivity contribution in [3.8, 4) is 17.2 Å². The summed E-state index contributed by atoms with van der Waals surface area (Å²) in [5.74, 6) is 1.07. The SMILES string of the molecule is COc1cc(C(=O)NC(=NCc2cccnc2)Nc2ccc(Br)cc2)cc(OC)c1OC. The van der Waals surface area contributed by atoms with Gasteiger partial charge in [0, 0.05) is 28.1 Å². The van der Waals surface area contributed by atoms with E-state index in [0.29, 0.717) is 29.4 Å². The quantitative estimate of drug-likeness (QED) is 0.373. The summed E-state index contributed by atoms with van der Waals surface area (Å²) >= 11 is 3.41. The van der Waals surface area contributed by atoms with Crippen LogP contribution < -0.4 is 24.8 Å². The fourth-order valence-electron chi connectivity index (χ4n) is 2.83. The molecule has 0 unspecified atom stereocenters. The van der Waals surface area contributed by atoms with Crippen molar-refractivity contribution in [1.29, 1.82) is 0 Å². The molecule has 3 aromatic rings.